The number of hydrogen-bond acceptors (Lipinski definition) is 5. The molecule has 0 radical (unpaired) electrons. The van der Waals surface area contributed by atoms with Gasteiger partial charge in [0.25, 0.3) is 0 Å². The van der Waals surface area contributed by atoms with Crippen molar-refractivity contribution in [3.8, 4) is 16.9 Å². The minimum Gasteiger partial charge on any atom is -0.496 e. The van der Waals surface area contributed by atoms with Crippen molar-refractivity contribution in [2.24, 2.45) is 0 Å². The van der Waals surface area contributed by atoms with Gasteiger partial charge in [-0.1, -0.05) is 23.2 Å². The Bertz CT molecular complexity index is 1330. The van der Waals surface area contributed by atoms with E-state index in [4.69, 9.17) is 38.1 Å². The molecule has 0 atom stereocenters. The quantitative estimate of drug-likeness (QED) is 0.335. The molecule has 0 amide bonds. The SMILES string of the molecule is COc1ccc(Cl)cc1-c1cnccc1N.Clc1ccc2oc3ccncc3c2c1. The molecule has 5 aromatic rings. The number of halogens is 2. The molecule has 0 aliphatic carbocycles. The lowest BCUT2D eigenvalue weighted by molar-refractivity contribution is 0.416. The monoisotopic (exact) mass is 437 g/mol. The fraction of sp³-hybridized carbons (Fsp3) is 0.0435. The van der Waals surface area contributed by atoms with Crippen LogP contribution in [0.15, 0.2) is 77.7 Å². The molecule has 3 heterocycles. The van der Waals surface area contributed by atoms with Crippen LogP contribution < -0.4 is 10.5 Å². The summed E-state index contributed by atoms with van der Waals surface area (Å²) in [5.41, 5.74) is 9.89. The Labute approximate surface area is 183 Å². The van der Waals surface area contributed by atoms with Crippen LogP contribution in [0, 0.1) is 0 Å². The first-order chi connectivity index (χ1) is 14.6. The number of methoxy groups -OCH3 is 1. The van der Waals surface area contributed by atoms with Crippen LogP contribution in [0.25, 0.3) is 33.1 Å². The summed E-state index contributed by atoms with van der Waals surface area (Å²) in [5, 5.41) is 3.37. The Morgan fingerprint density at radius 1 is 0.800 bits per heavy atom. The van der Waals surface area contributed by atoms with E-state index < -0.39 is 0 Å². The predicted octanol–water partition coefficient (Wildman–Crippen LogP) is 6.63. The minimum atomic E-state index is 0.638. The van der Waals surface area contributed by atoms with Gasteiger partial charge in [-0.2, -0.15) is 0 Å². The summed E-state index contributed by atoms with van der Waals surface area (Å²) in [6, 6.07) is 14.6. The second-order valence-electron chi connectivity index (χ2n) is 6.42. The van der Waals surface area contributed by atoms with E-state index in [2.05, 4.69) is 9.97 Å². The Hall–Kier alpha value is -3.28. The number of hydrogen-bond donors (Lipinski definition) is 1. The van der Waals surface area contributed by atoms with Gasteiger partial charge in [0.15, 0.2) is 0 Å². The lowest BCUT2D eigenvalue weighted by Gasteiger charge is -2.10. The summed E-state index contributed by atoms with van der Waals surface area (Å²) in [6.07, 6.45) is 6.85. The Morgan fingerprint density at radius 3 is 2.30 bits per heavy atom. The number of aromatic nitrogens is 2. The topological polar surface area (TPSA) is 74.2 Å². The molecule has 150 valence electrons. The van der Waals surface area contributed by atoms with Gasteiger partial charge in [-0.15, -0.1) is 0 Å². The molecule has 5 rings (SSSR count). The molecule has 7 heteroatoms. The number of pyridine rings is 2. The van der Waals surface area contributed by atoms with Crippen LogP contribution in [0.2, 0.25) is 10.0 Å². The van der Waals surface area contributed by atoms with E-state index in [1.807, 2.05) is 36.4 Å². The summed E-state index contributed by atoms with van der Waals surface area (Å²) in [5.74, 6) is 0.726. The predicted molar refractivity (Wildman–Crippen MR) is 122 cm³/mol. The number of nitrogens with two attached hydrogens (primary N) is 1. The molecule has 5 nitrogen and oxygen atoms in total. The number of fused-ring (bicyclic) bond motifs is 3. The molecule has 3 aromatic heterocycles. The zero-order valence-electron chi connectivity index (χ0n) is 16.0. The maximum absolute atomic E-state index is 5.96. The van der Waals surface area contributed by atoms with Gasteiger partial charge in [0, 0.05) is 62.4 Å². The van der Waals surface area contributed by atoms with E-state index in [9.17, 15) is 0 Å². The summed E-state index contributed by atoms with van der Waals surface area (Å²) >= 11 is 11.9. The van der Waals surface area contributed by atoms with Crippen molar-refractivity contribution in [2.45, 2.75) is 0 Å². The Balaban J connectivity index is 0.000000146. The zero-order valence-corrected chi connectivity index (χ0v) is 17.5. The summed E-state index contributed by atoms with van der Waals surface area (Å²) in [4.78, 5) is 8.11. The zero-order chi connectivity index (χ0) is 21.1. The first kappa shape index (κ1) is 20.0. The van der Waals surface area contributed by atoms with Gasteiger partial charge in [-0.3, -0.25) is 9.97 Å². The highest BCUT2D eigenvalue weighted by molar-refractivity contribution is 6.31. The average Bonchev–Trinajstić information content (AvgIpc) is 3.12. The van der Waals surface area contributed by atoms with Crippen LogP contribution in [-0.4, -0.2) is 17.1 Å². The van der Waals surface area contributed by atoms with Gasteiger partial charge in [0.05, 0.1) is 7.11 Å². The normalized spacial score (nSPS) is 10.6. The van der Waals surface area contributed by atoms with Crippen LogP contribution in [0.3, 0.4) is 0 Å². The van der Waals surface area contributed by atoms with E-state index in [1.54, 1.807) is 44.0 Å². The van der Waals surface area contributed by atoms with Gasteiger partial charge in [-0.25, -0.2) is 0 Å². The van der Waals surface area contributed by atoms with Crippen LogP contribution in [-0.2, 0) is 0 Å². The number of furan rings is 1. The molecular weight excluding hydrogens is 421 g/mol. The minimum absolute atomic E-state index is 0.638. The van der Waals surface area contributed by atoms with Gasteiger partial charge in [0.2, 0.25) is 0 Å². The third-order valence-electron chi connectivity index (χ3n) is 4.54. The number of ether oxygens (including phenoxy) is 1. The number of nitrogens with zero attached hydrogens (tertiary/aromatic N) is 2. The fourth-order valence-corrected chi connectivity index (χ4v) is 3.46. The van der Waals surface area contributed by atoms with E-state index in [0.717, 1.165) is 38.8 Å². The summed E-state index contributed by atoms with van der Waals surface area (Å²) in [7, 11) is 1.61. The molecule has 0 saturated carbocycles. The van der Waals surface area contributed by atoms with Crippen molar-refractivity contribution in [3.05, 3.63) is 83.4 Å². The van der Waals surface area contributed by atoms with Gasteiger partial charge in [-0.05, 0) is 48.5 Å². The molecule has 0 bridgehead atoms. The first-order valence-electron chi connectivity index (χ1n) is 9.02. The van der Waals surface area contributed by atoms with Gasteiger partial charge < -0.3 is 14.9 Å². The van der Waals surface area contributed by atoms with Crippen molar-refractivity contribution in [2.75, 3.05) is 12.8 Å². The smallest absolute Gasteiger partial charge is 0.138 e. The fourth-order valence-electron chi connectivity index (χ4n) is 3.11. The highest BCUT2D eigenvalue weighted by atomic mass is 35.5. The third-order valence-corrected chi connectivity index (χ3v) is 5.01. The second kappa shape index (κ2) is 8.61. The van der Waals surface area contributed by atoms with Crippen molar-refractivity contribution in [1.82, 2.24) is 9.97 Å². The number of benzene rings is 2. The van der Waals surface area contributed by atoms with E-state index in [-0.39, 0.29) is 0 Å². The lowest BCUT2D eigenvalue weighted by atomic mass is 10.1. The summed E-state index contributed by atoms with van der Waals surface area (Å²) in [6.45, 7) is 0. The van der Waals surface area contributed by atoms with Crippen LogP contribution in [0.4, 0.5) is 5.69 Å². The first-order valence-corrected chi connectivity index (χ1v) is 9.77. The van der Waals surface area contributed by atoms with E-state index in [0.29, 0.717) is 15.7 Å². The second-order valence-corrected chi connectivity index (χ2v) is 7.29. The van der Waals surface area contributed by atoms with Crippen LogP contribution >= 0.6 is 23.2 Å². The molecule has 2 aromatic carbocycles. The molecule has 0 spiro atoms. The van der Waals surface area contributed by atoms with Crippen molar-refractivity contribution in [1.29, 1.82) is 0 Å². The Kier molecular flexibility index (Phi) is 5.74. The summed E-state index contributed by atoms with van der Waals surface area (Å²) < 4.78 is 10.9. The average molecular weight is 438 g/mol. The third kappa shape index (κ3) is 4.03. The molecule has 0 fully saturated rings. The van der Waals surface area contributed by atoms with Crippen molar-refractivity contribution < 1.29 is 9.15 Å². The highest BCUT2D eigenvalue weighted by Crippen LogP contribution is 2.35. The number of nitrogen functional groups attached to an aromatic ring is 1. The van der Waals surface area contributed by atoms with Crippen LogP contribution in [0.5, 0.6) is 5.75 Å². The van der Waals surface area contributed by atoms with Crippen molar-refractivity contribution in [3.63, 3.8) is 0 Å². The maximum Gasteiger partial charge on any atom is 0.138 e. The number of anilines is 1. The van der Waals surface area contributed by atoms with Gasteiger partial charge in [0.1, 0.15) is 16.9 Å². The van der Waals surface area contributed by atoms with Crippen LogP contribution in [0.1, 0.15) is 0 Å². The highest BCUT2D eigenvalue weighted by Gasteiger charge is 2.09. The van der Waals surface area contributed by atoms with Crippen molar-refractivity contribution >= 4 is 50.8 Å². The maximum atomic E-state index is 5.96. The largest absolute Gasteiger partial charge is 0.496 e. The lowest BCUT2D eigenvalue weighted by Crippen LogP contribution is -1.93. The van der Waals surface area contributed by atoms with Gasteiger partial charge >= 0.3 is 0 Å². The van der Waals surface area contributed by atoms with E-state index >= 15 is 0 Å². The number of rotatable bonds is 2. The molecule has 0 aliphatic heterocycles. The standard InChI is InChI=1S/C12H11ClN2O.C11H6ClNO/c1-16-12-3-2-8(13)6-9(12)10-7-15-5-4-11(10)14;12-7-1-2-10-8(5-7)9-6-13-4-3-11(9)14-10/h2-7H,1H3,(H2,14,15);1-6H. The Morgan fingerprint density at radius 2 is 1.50 bits per heavy atom. The molecule has 30 heavy (non-hydrogen) atoms. The molecule has 0 saturated heterocycles. The van der Waals surface area contributed by atoms with E-state index in [1.165, 1.54) is 0 Å². The molecular formula is C23H17Cl2N3O2. The molecule has 0 aliphatic rings. The molecule has 2 N–H and O–H groups in total. The molecule has 0 unspecified atom stereocenters.